The highest BCUT2D eigenvalue weighted by molar-refractivity contribution is 6.05. The van der Waals surface area contributed by atoms with Crippen molar-refractivity contribution >= 4 is 30.1 Å². The first-order chi connectivity index (χ1) is 12.0. The SMILES string of the molecule is CCN(CC)C(=O)c1ccc(/C(N)=N/C(N)=N/N2CCOCC2)cc1.Cl. The summed E-state index contributed by atoms with van der Waals surface area (Å²) in [6.07, 6.45) is 0. The lowest BCUT2D eigenvalue weighted by Gasteiger charge is -2.23. The second-order valence-corrected chi connectivity index (χ2v) is 5.58. The minimum Gasteiger partial charge on any atom is -0.383 e. The highest BCUT2D eigenvalue weighted by Crippen LogP contribution is 2.08. The Balaban J connectivity index is 0.00000338. The van der Waals surface area contributed by atoms with E-state index in [4.69, 9.17) is 16.2 Å². The molecule has 0 spiro atoms. The third-order valence-electron chi connectivity index (χ3n) is 3.94. The van der Waals surface area contributed by atoms with E-state index in [1.54, 1.807) is 29.2 Å². The molecule has 1 aromatic rings. The highest BCUT2D eigenvalue weighted by Gasteiger charge is 2.12. The van der Waals surface area contributed by atoms with Gasteiger partial charge in [-0.1, -0.05) is 12.1 Å². The van der Waals surface area contributed by atoms with Gasteiger partial charge in [0.15, 0.2) is 0 Å². The minimum atomic E-state index is 0. The van der Waals surface area contributed by atoms with E-state index in [1.165, 1.54) is 0 Å². The van der Waals surface area contributed by atoms with Crippen LogP contribution in [0.4, 0.5) is 0 Å². The molecule has 1 amide bonds. The Morgan fingerprint density at radius 1 is 1.12 bits per heavy atom. The molecule has 0 saturated carbocycles. The number of aliphatic imine (C=N–C) groups is 1. The van der Waals surface area contributed by atoms with Gasteiger partial charge in [0.05, 0.1) is 26.3 Å². The van der Waals surface area contributed by atoms with E-state index in [0.29, 0.717) is 50.5 Å². The van der Waals surface area contributed by atoms with Gasteiger partial charge in [-0.25, -0.2) is 0 Å². The maximum Gasteiger partial charge on any atom is 0.253 e. The van der Waals surface area contributed by atoms with Gasteiger partial charge in [-0.15, -0.1) is 17.5 Å². The number of nitrogens with two attached hydrogens (primary N) is 2. The van der Waals surface area contributed by atoms with Crippen LogP contribution >= 0.6 is 12.4 Å². The number of carbonyl (C=O) groups excluding carboxylic acids is 1. The van der Waals surface area contributed by atoms with Gasteiger partial charge >= 0.3 is 0 Å². The van der Waals surface area contributed by atoms with Gasteiger partial charge in [0, 0.05) is 24.2 Å². The van der Waals surface area contributed by atoms with Crippen molar-refractivity contribution in [3.05, 3.63) is 35.4 Å². The third-order valence-corrected chi connectivity index (χ3v) is 3.94. The molecule has 1 aliphatic rings. The van der Waals surface area contributed by atoms with Gasteiger partial charge < -0.3 is 21.1 Å². The van der Waals surface area contributed by atoms with Crippen LogP contribution in [0.1, 0.15) is 29.8 Å². The van der Waals surface area contributed by atoms with Gasteiger partial charge in [0.2, 0.25) is 5.96 Å². The van der Waals surface area contributed by atoms with Crippen molar-refractivity contribution < 1.29 is 9.53 Å². The number of guanidine groups is 1. The molecule has 1 aliphatic heterocycles. The number of hydrogen-bond acceptors (Lipinski definition) is 4. The fourth-order valence-electron chi connectivity index (χ4n) is 2.49. The summed E-state index contributed by atoms with van der Waals surface area (Å²) in [6.45, 7) is 7.87. The maximum absolute atomic E-state index is 12.3. The van der Waals surface area contributed by atoms with Crippen molar-refractivity contribution in [1.82, 2.24) is 9.91 Å². The van der Waals surface area contributed by atoms with E-state index in [-0.39, 0.29) is 30.1 Å². The van der Waals surface area contributed by atoms with Crippen LogP contribution < -0.4 is 11.5 Å². The average molecular weight is 383 g/mol. The molecule has 144 valence electrons. The summed E-state index contributed by atoms with van der Waals surface area (Å²) in [5.41, 5.74) is 13.1. The number of benzene rings is 1. The largest absolute Gasteiger partial charge is 0.383 e. The first kappa shape index (κ1) is 21.7. The highest BCUT2D eigenvalue weighted by atomic mass is 35.5. The number of carbonyl (C=O) groups is 1. The molecule has 4 N–H and O–H groups in total. The van der Waals surface area contributed by atoms with Crippen LogP contribution in [0.5, 0.6) is 0 Å². The van der Waals surface area contributed by atoms with Crippen molar-refractivity contribution in [3.63, 3.8) is 0 Å². The predicted octanol–water partition coefficient (Wildman–Crippen LogP) is 0.858. The van der Waals surface area contributed by atoms with Crippen LogP contribution in [0.25, 0.3) is 0 Å². The Labute approximate surface area is 160 Å². The molecular weight excluding hydrogens is 356 g/mol. The molecule has 0 bridgehead atoms. The molecule has 26 heavy (non-hydrogen) atoms. The van der Waals surface area contributed by atoms with Crippen LogP contribution in [0.15, 0.2) is 34.4 Å². The van der Waals surface area contributed by atoms with E-state index >= 15 is 0 Å². The van der Waals surface area contributed by atoms with E-state index < -0.39 is 0 Å². The lowest BCUT2D eigenvalue weighted by molar-refractivity contribution is 0.0392. The Kier molecular flexibility index (Phi) is 8.87. The van der Waals surface area contributed by atoms with Gasteiger partial charge in [-0.05, 0) is 26.0 Å². The fourth-order valence-corrected chi connectivity index (χ4v) is 2.49. The molecule has 0 aliphatic carbocycles. The van der Waals surface area contributed by atoms with Crippen molar-refractivity contribution in [2.24, 2.45) is 21.6 Å². The van der Waals surface area contributed by atoms with Crippen molar-refractivity contribution in [3.8, 4) is 0 Å². The molecule has 8 nitrogen and oxygen atoms in total. The quantitative estimate of drug-likeness (QED) is 0.579. The van der Waals surface area contributed by atoms with Crippen LogP contribution in [0.2, 0.25) is 0 Å². The molecule has 9 heteroatoms. The number of hydrogen-bond donors (Lipinski definition) is 2. The number of ether oxygens (including phenoxy) is 1. The van der Waals surface area contributed by atoms with Gasteiger partial charge in [-0.3, -0.25) is 9.80 Å². The van der Waals surface area contributed by atoms with Gasteiger partial charge in [0.25, 0.3) is 5.91 Å². The van der Waals surface area contributed by atoms with E-state index in [9.17, 15) is 4.79 Å². The first-order valence-electron chi connectivity index (χ1n) is 8.45. The Morgan fingerprint density at radius 3 is 2.19 bits per heavy atom. The molecular formula is C17H27ClN6O2. The summed E-state index contributed by atoms with van der Waals surface area (Å²) >= 11 is 0. The summed E-state index contributed by atoms with van der Waals surface area (Å²) in [5.74, 6) is 0.361. The lowest BCUT2D eigenvalue weighted by atomic mass is 10.1. The number of rotatable bonds is 5. The fraction of sp³-hybridized carbons (Fsp3) is 0.471. The molecule has 0 aromatic heterocycles. The number of amides is 1. The predicted molar refractivity (Wildman–Crippen MR) is 106 cm³/mol. The van der Waals surface area contributed by atoms with Crippen LogP contribution in [-0.4, -0.2) is 67.0 Å². The molecule has 1 aromatic carbocycles. The minimum absolute atomic E-state index is 0. The Bertz CT molecular complexity index is 637. The molecule has 2 rings (SSSR count). The molecule has 1 saturated heterocycles. The summed E-state index contributed by atoms with van der Waals surface area (Å²) in [4.78, 5) is 18.2. The molecule has 1 fully saturated rings. The normalized spacial score (nSPS) is 15.4. The Morgan fingerprint density at radius 2 is 1.65 bits per heavy atom. The monoisotopic (exact) mass is 382 g/mol. The zero-order chi connectivity index (χ0) is 18.2. The van der Waals surface area contributed by atoms with Crippen LogP contribution in [0, 0.1) is 0 Å². The smallest absolute Gasteiger partial charge is 0.253 e. The number of halogens is 1. The summed E-state index contributed by atoms with van der Waals surface area (Å²) in [5, 5.41) is 6.02. The topological polar surface area (TPSA) is 110 Å². The van der Waals surface area contributed by atoms with E-state index in [1.807, 2.05) is 18.9 Å². The molecule has 0 unspecified atom stereocenters. The van der Waals surface area contributed by atoms with Crippen molar-refractivity contribution in [1.29, 1.82) is 0 Å². The second kappa shape index (κ2) is 10.6. The second-order valence-electron chi connectivity index (χ2n) is 5.58. The molecule has 0 atom stereocenters. The van der Waals surface area contributed by atoms with Crippen molar-refractivity contribution in [2.75, 3.05) is 39.4 Å². The molecule has 0 radical (unpaired) electrons. The number of morpholine rings is 1. The molecule has 1 heterocycles. The van der Waals surface area contributed by atoms with Gasteiger partial charge in [-0.2, -0.15) is 4.99 Å². The van der Waals surface area contributed by atoms with Crippen LogP contribution in [0.3, 0.4) is 0 Å². The summed E-state index contributed by atoms with van der Waals surface area (Å²) < 4.78 is 5.25. The zero-order valence-corrected chi connectivity index (χ0v) is 16.0. The maximum atomic E-state index is 12.3. The first-order valence-corrected chi connectivity index (χ1v) is 8.45. The lowest BCUT2D eigenvalue weighted by Crippen LogP contribution is -2.34. The third kappa shape index (κ3) is 5.89. The number of nitrogens with zero attached hydrogens (tertiary/aromatic N) is 4. The Hall–Kier alpha value is -2.32. The number of hydrazone groups is 1. The van der Waals surface area contributed by atoms with E-state index in [2.05, 4.69) is 10.1 Å². The van der Waals surface area contributed by atoms with Gasteiger partial charge in [0.1, 0.15) is 5.84 Å². The number of amidine groups is 1. The van der Waals surface area contributed by atoms with Crippen molar-refractivity contribution in [2.45, 2.75) is 13.8 Å². The standard InChI is InChI=1S/C17H26N6O2.ClH/c1-3-22(4-2)16(24)14-7-5-13(6-8-14)15(18)20-17(19)21-23-9-11-25-12-10-23;/h5-8H,3-4,9-12H2,1-2H3,(H4,18,19,20,21);1H. The average Bonchev–Trinajstić information content (AvgIpc) is 2.63. The summed E-state index contributed by atoms with van der Waals surface area (Å²) in [6, 6.07) is 7.01. The van der Waals surface area contributed by atoms with E-state index in [0.717, 1.165) is 0 Å². The zero-order valence-electron chi connectivity index (χ0n) is 15.2. The summed E-state index contributed by atoms with van der Waals surface area (Å²) in [7, 11) is 0. The van der Waals surface area contributed by atoms with Crippen LogP contribution in [-0.2, 0) is 4.74 Å².